The summed E-state index contributed by atoms with van der Waals surface area (Å²) in [6.45, 7) is 1.96. The van der Waals surface area contributed by atoms with Gasteiger partial charge in [-0.2, -0.15) is 0 Å². The molecular weight excluding hydrogens is 345 g/mol. The molecule has 0 saturated carbocycles. The predicted octanol–water partition coefficient (Wildman–Crippen LogP) is 4.63. The Morgan fingerprint density at radius 2 is 2.04 bits per heavy atom. The van der Waals surface area contributed by atoms with Crippen LogP contribution < -0.4 is 5.73 Å². The van der Waals surface area contributed by atoms with Gasteiger partial charge in [-0.05, 0) is 36.4 Å². The van der Waals surface area contributed by atoms with Crippen LogP contribution in [0, 0.1) is 5.82 Å². The van der Waals surface area contributed by atoms with Crippen LogP contribution in [0.3, 0.4) is 0 Å². The van der Waals surface area contributed by atoms with Gasteiger partial charge >= 0.3 is 0 Å². The molecule has 0 bridgehead atoms. The SMILES string of the molecule is C[C@@]1(c2cc(Cc3nccc4ccccc34)ccc2F)CCSC(N)=N1. The summed E-state index contributed by atoms with van der Waals surface area (Å²) >= 11 is 1.52. The molecule has 2 N–H and O–H groups in total. The number of halogens is 1. The molecule has 3 nitrogen and oxygen atoms in total. The molecule has 26 heavy (non-hydrogen) atoms. The van der Waals surface area contributed by atoms with E-state index in [-0.39, 0.29) is 5.82 Å². The van der Waals surface area contributed by atoms with E-state index in [1.165, 1.54) is 17.8 Å². The summed E-state index contributed by atoms with van der Waals surface area (Å²) in [5.41, 5.74) is 7.92. The molecule has 0 radical (unpaired) electrons. The lowest BCUT2D eigenvalue weighted by Gasteiger charge is -2.30. The highest BCUT2D eigenvalue weighted by atomic mass is 32.2. The summed E-state index contributed by atoms with van der Waals surface area (Å²) in [4.78, 5) is 9.10. The quantitative estimate of drug-likeness (QED) is 0.736. The fourth-order valence-corrected chi connectivity index (χ4v) is 4.47. The first-order valence-electron chi connectivity index (χ1n) is 8.65. The molecule has 1 aliphatic heterocycles. The average molecular weight is 365 g/mol. The van der Waals surface area contributed by atoms with Gasteiger partial charge in [-0.25, -0.2) is 4.39 Å². The third-order valence-corrected chi connectivity index (χ3v) is 5.73. The minimum absolute atomic E-state index is 0.231. The fraction of sp³-hybridized carbons (Fsp3) is 0.238. The van der Waals surface area contributed by atoms with Crippen LogP contribution in [0.4, 0.5) is 4.39 Å². The number of aromatic nitrogens is 1. The Labute approximate surface area is 156 Å². The van der Waals surface area contributed by atoms with Gasteiger partial charge in [0.15, 0.2) is 5.17 Å². The van der Waals surface area contributed by atoms with Gasteiger partial charge in [0.05, 0.1) is 11.2 Å². The van der Waals surface area contributed by atoms with Crippen molar-refractivity contribution < 1.29 is 4.39 Å². The molecule has 1 aliphatic rings. The Morgan fingerprint density at radius 3 is 2.88 bits per heavy atom. The summed E-state index contributed by atoms with van der Waals surface area (Å²) in [5.74, 6) is 0.617. The zero-order valence-corrected chi connectivity index (χ0v) is 15.4. The number of hydrogen-bond acceptors (Lipinski definition) is 4. The Balaban J connectivity index is 1.74. The van der Waals surface area contributed by atoms with Crippen molar-refractivity contribution in [1.29, 1.82) is 0 Å². The molecule has 1 aromatic heterocycles. The van der Waals surface area contributed by atoms with Crippen molar-refractivity contribution in [1.82, 2.24) is 4.98 Å². The second kappa shape index (κ2) is 6.72. The van der Waals surface area contributed by atoms with Crippen LogP contribution in [0.2, 0.25) is 0 Å². The number of benzene rings is 2. The molecule has 1 atom stereocenters. The molecule has 5 heteroatoms. The van der Waals surface area contributed by atoms with Crippen LogP contribution in [0.5, 0.6) is 0 Å². The van der Waals surface area contributed by atoms with Crippen LogP contribution in [-0.4, -0.2) is 15.9 Å². The van der Waals surface area contributed by atoms with Crippen molar-refractivity contribution in [3.8, 4) is 0 Å². The molecule has 0 amide bonds. The summed E-state index contributed by atoms with van der Waals surface area (Å²) in [5, 5.41) is 2.82. The monoisotopic (exact) mass is 365 g/mol. The summed E-state index contributed by atoms with van der Waals surface area (Å²) in [6.07, 6.45) is 3.25. The second-order valence-corrected chi connectivity index (χ2v) is 7.91. The Bertz CT molecular complexity index is 996. The molecule has 0 fully saturated rings. The Kier molecular flexibility index (Phi) is 4.41. The van der Waals surface area contributed by atoms with E-state index in [4.69, 9.17) is 5.73 Å². The molecule has 132 valence electrons. The Hall–Kier alpha value is -2.40. The highest BCUT2D eigenvalue weighted by Crippen LogP contribution is 2.37. The maximum absolute atomic E-state index is 14.6. The summed E-state index contributed by atoms with van der Waals surface area (Å²) < 4.78 is 14.6. The van der Waals surface area contributed by atoms with Gasteiger partial charge in [-0.3, -0.25) is 9.98 Å². The van der Waals surface area contributed by atoms with Crippen LogP contribution in [0.1, 0.15) is 30.2 Å². The van der Waals surface area contributed by atoms with Gasteiger partial charge in [0.2, 0.25) is 0 Å². The third-order valence-electron chi connectivity index (χ3n) is 4.93. The van der Waals surface area contributed by atoms with Crippen LogP contribution in [-0.2, 0) is 12.0 Å². The maximum atomic E-state index is 14.6. The van der Waals surface area contributed by atoms with Gasteiger partial charge in [-0.15, -0.1) is 0 Å². The number of fused-ring (bicyclic) bond motifs is 1. The first kappa shape index (κ1) is 17.0. The highest BCUT2D eigenvalue weighted by molar-refractivity contribution is 8.13. The van der Waals surface area contributed by atoms with Crippen LogP contribution in [0.15, 0.2) is 59.7 Å². The molecule has 0 spiro atoms. The van der Waals surface area contributed by atoms with Crippen LogP contribution >= 0.6 is 11.8 Å². The number of pyridine rings is 1. The van der Waals surface area contributed by atoms with E-state index in [2.05, 4.69) is 22.1 Å². The van der Waals surface area contributed by atoms with Crippen molar-refractivity contribution in [2.24, 2.45) is 10.7 Å². The van der Waals surface area contributed by atoms with Crippen molar-refractivity contribution >= 4 is 27.7 Å². The third kappa shape index (κ3) is 3.19. The smallest absolute Gasteiger partial charge is 0.154 e. The van der Waals surface area contributed by atoms with Crippen molar-refractivity contribution in [2.45, 2.75) is 25.3 Å². The molecular formula is C21H20FN3S. The van der Waals surface area contributed by atoms with E-state index >= 15 is 0 Å². The lowest BCUT2D eigenvalue weighted by atomic mass is 9.87. The number of nitrogens with two attached hydrogens (primary N) is 1. The number of thioether (sulfide) groups is 1. The summed E-state index contributed by atoms with van der Waals surface area (Å²) in [6, 6.07) is 15.5. The van der Waals surface area contributed by atoms with Crippen molar-refractivity contribution in [2.75, 3.05) is 5.75 Å². The molecule has 0 saturated heterocycles. The maximum Gasteiger partial charge on any atom is 0.154 e. The standard InChI is InChI=1S/C21H20FN3S/c1-21(9-11-26-20(23)25-21)17-12-14(6-7-18(17)22)13-19-16-5-3-2-4-15(16)8-10-24-19/h2-8,10,12H,9,11,13H2,1H3,(H2,23,25)/t21-/m0/s1. The van der Waals surface area contributed by atoms with Crippen molar-refractivity contribution in [3.63, 3.8) is 0 Å². The van der Waals surface area contributed by atoms with Gasteiger partial charge in [0, 0.05) is 29.3 Å². The molecule has 2 aromatic carbocycles. The second-order valence-electron chi connectivity index (χ2n) is 6.79. The van der Waals surface area contributed by atoms with E-state index in [9.17, 15) is 4.39 Å². The zero-order chi connectivity index (χ0) is 18.1. The largest absolute Gasteiger partial charge is 0.379 e. The van der Waals surface area contributed by atoms with Gasteiger partial charge < -0.3 is 5.73 Å². The number of hydrogen-bond donors (Lipinski definition) is 1. The number of aliphatic imine (C=N–C) groups is 1. The number of nitrogens with zero attached hydrogens (tertiary/aromatic N) is 2. The van der Waals surface area contributed by atoms with E-state index < -0.39 is 5.54 Å². The highest BCUT2D eigenvalue weighted by Gasteiger charge is 2.32. The normalized spacial score (nSPS) is 20.2. The Morgan fingerprint density at radius 1 is 1.19 bits per heavy atom. The number of amidine groups is 1. The van der Waals surface area contributed by atoms with E-state index in [0.29, 0.717) is 17.2 Å². The molecule has 4 rings (SSSR count). The van der Waals surface area contributed by atoms with Gasteiger partial charge in [0.25, 0.3) is 0 Å². The average Bonchev–Trinajstić information content (AvgIpc) is 2.63. The first-order chi connectivity index (χ1) is 12.5. The van der Waals surface area contributed by atoms with E-state index in [1.807, 2.05) is 43.5 Å². The number of rotatable bonds is 3. The zero-order valence-electron chi connectivity index (χ0n) is 14.6. The topological polar surface area (TPSA) is 51.3 Å². The van der Waals surface area contributed by atoms with E-state index in [0.717, 1.165) is 34.2 Å². The molecule has 0 aliphatic carbocycles. The van der Waals surface area contributed by atoms with E-state index in [1.54, 1.807) is 0 Å². The lowest BCUT2D eigenvalue weighted by molar-refractivity contribution is 0.449. The lowest BCUT2D eigenvalue weighted by Crippen LogP contribution is -2.29. The van der Waals surface area contributed by atoms with Crippen LogP contribution in [0.25, 0.3) is 10.8 Å². The van der Waals surface area contributed by atoms with Gasteiger partial charge in [-0.1, -0.05) is 48.2 Å². The minimum atomic E-state index is -0.610. The predicted molar refractivity (Wildman–Crippen MR) is 107 cm³/mol. The molecule has 2 heterocycles. The minimum Gasteiger partial charge on any atom is -0.379 e. The fourth-order valence-electron chi connectivity index (χ4n) is 3.49. The first-order valence-corrected chi connectivity index (χ1v) is 9.63. The molecule has 0 unspecified atom stereocenters. The molecule has 3 aromatic rings. The van der Waals surface area contributed by atoms with Gasteiger partial charge in [0.1, 0.15) is 5.82 Å². The van der Waals surface area contributed by atoms with Crippen molar-refractivity contribution in [3.05, 3.63) is 77.4 Å². The summed E-state index contributed by atoms with van der Waals surface area (Å²) in [7, 11) is 0.